The van der Waals surface area contributed by atoms with Crippen LogP contribution in [0.3, 0.4) is 0 Å². The van der Waals surface area contributed by atoms with Crippen molar-refractivity contribution in [1.82, 2.24) is 5.32 Å². The van der Waals surface area contributed by atoms with Crippen LogP contribution in [0.1, 0.15) is 62.5 Å². The third-order valence-corrected chi connectivity index (χ3v) is 6.24. The molecule has 2 aliphatic rings. The van der Waals surface area contributed by atoms with Gasteiger partial charge in [-0.05, 0) is 51.0 Å². The van der Waals surface area contributed by atoms with Crippen molar-refractivity contribution in [3.05, 3.63) is 35.4 Å². The van der Waals surface area contributed by atoms with E-state index in [0.29, 0.717) is 32.2 Å². The summed E-state index contributed by atoms with van der Waals surface area (Å²) in [5, 5.41) is 12.3. The van der Waals surface area contributed by atoms with Crippen LogP contribution in [0.2, 0.25) is 0 Å². The number of benzene rings is 1. The predicted molar refractivity (Wildman–Crippen MR) is 97.4 cm³/mol. The molecular weight excluding hydrogens is 314 g/mol. The van der Waals surface area contributed by atoms with Gasteiger partial charge in [0.1, 0.15) is 0 Å². The van der Waals surface area contributed by atoms with Gasteiger partial charge in [0.15, 0.2) is 0 Å². The fraction of sp³-hybridized carbons (Fsp3) is 0.619. The van der Waals surface area contributed by atoms with E-state index in [2.05, 4.69) is 36.5 Å². The van der Waals surface area contributed by atoms with Crippen LogP contribution in [0.5, 0.6) is 0 Å². The summed E-state index contributed by atoms with van der Waals surface area (Å²) in [6.45, 7) is 2.82. The Morgan fingerprint density at radius 1 is 1.12 bits per heavy atom. The van der Waals surface area contributed by atoms with Gasteiger partial charge in [0.05, 0.1) is 5.92 Å². The van der Waals surface area contributed by atoms with E-state index in [1.165, 1.54) is 24.0 Å². The van der Waals surface area contributed by atoms with E-state index in [1.54, 1.807) is 0 Å². The average molecular weight is 343 g/mol. The molecule has 2 fully saturated rings. The molecule has 1 amide bonds. The molecule has 1 aromatic carbocycles. The van der Waals surface area contributed by atoms with Gasteiger partial charge in [-0.25, -0.2) is 0 Å². The predicted octanol–water partition coefficient (Wildman–Crippen LogP) is 3.81. The standard InChI is InChI=1S/C21H29NO3/c1-15-5-4-6-18(13-15)21(11-2-3-12-21)14-22-19(23)16-7-9-17(10-8-16)20(24)25/h4-6,13,16-17H,2-3,7-12,14H2,1H3,(H,22,23)(H,24,25). The molecule has 2 aliphatic carbocycles. The zero-order valence-electron chi connectivity index (χ0n) is 15.1. The topological polar surface area (TPSA) is 66.4 Å². The number of hydrogen-bond acceptors (Lipinski definition) is 2. The Balaban J connectivity index is 1.61. The SMILES string of the molecule is Cc1cccc(C2(CNC(=O)C3CCC(C(=O)O)CC3)CCCC2)c1. The number of carboxylic acids is 1. The summed E-state index contributed by atoms with van der Waals surface area (Å²) in [5.74, 6) is -0.893. The molecule has 0 radical (unpaired) electrons. The van der Waals surface area contributed by atoms with Crippen molar-refractivity contribution in [2.24, 2.45) is 11.8 Å². The lowest BCUT2D eigenvalue weighted by atomic mass is 9.77. The largest absolute Gasteiger partial charge is 0.481 e. The number of rotatable bonds is 5. The number of carbonyl (C=O) groups excluding carboxylic acids is 1. The first-order valence-electron chi connectivity index (χ1n) is 9.58. The average Bonchev–Trinajstić information content (AvgIpc) is 3.10. The van der Waals surface area contributed by atoms with Crippen LogP contribution in [-0.2, 0) is 15.0 Å². The molecule has 4 nitrogen and oxygen atoms in total. The third kappa shape index (κ3) is 4.05. The van der Waals surface area contributed by atoms with Gasteiger partial charge in [0.2, 0.25) is 5.91 Å². The van der Waals surface area contributed by atoms with Crippen molar-refractivity contribution in [3.63, 3.8) is 0 Å². The van der Waals surface area contributed by atoms with E-state index >= 15 is 0 Å². The fourth-order valence-electron chi connectivity index (χ4n) is 4.60. The summed E-state index contributed by atoms with van der Waals surface area (Å²) < 4.78 is 0. The van der Waals surface area contributed by atoms with Crippen molar-refractivity contribution < 1.29 is 14.7 Å². The molecule has 136 valence electrons. The Labute approximate surface area is 150 Å². The Morgan fingerprint density at radius 3 is 2.36 bits per heavy atom. The van der Waals surface area contributed by atoms with Crippen molar-refractivity contribution in [3.8, 4) is 0 Å². The highest BCUT2D eigenvalue weighted by Gasteiger charge is 2.37. The van der Waals surface area contributed by atoms with E-state index < -0.39 is 5.97 Å². The second kappa shape index (κ2) is 7.59. The normalized spacial score (nSPS) is 25.5. The van der Waals surface area contributed by atoms with E-state index in [-0.39, 0.29) is 23.2 Å². The summed E-state index contributed by atoms with van der Waals surface area (Å²) in [6.07, 6.45) is 7.32. The highest BCUT2D eigenvalue weighted by atomic mass is 16.4. The molecule has 4 heteroatoms. The fourth-order valence-corrected chi connectivity index (χ4v) is 4.60. The van der Waals surface area contributed by atoms with E-state index in [4.69, 9.17) is 5.11 Å². The zero-order chi connectivity index (χ0) is 17.9. The maximum absolute atomic E-state index is 12.6. The molecule has 0 aromatic heterocycles. The van der Waals surface area contributed by atoms with Crippen LogP contribution in [0.15, 0.2) is 24.3 Å². The first-order chi connectivity index (χ1) is 12.0. The third-order valence-electron chi connectivity index (χ3n) is 6.24. The summed E-state index contributed by atoms with van der Waals surface area (Å²) in [5.41, 5.74) is 2.68. The van der Waals surface area contributed by atoms with Crippen LogP contribution in [0, 0.1) is 18.8 Å². The molecular formula is C21H29NO3. The van der Waals surface area contributed by atoms with Crippen LogP contribution in [0.25, 0.3) is 0 Å². The highest BCUT2D eigenvalue weighted by molar-refractivity contribution is 5.79. The van der Waals surface area contributed by atoms with Gasteiger partial charge in [0.25, 0.3) is 0 Å². The molecule has 0 atom stereocenters. The minimum Gasteiger partial charge on any atom is -0.481 e. The molecule has 0 unspecified atom stereocenters. The van der Waals surface area contributed by atoms with Crippen LogP contribution in [0.4, 0.5) is 0 Å². The molecule has 3 rings (SSSR count). The molecule has 0 aliphatic heterocycles. The summed E-state index contributed by atoms with van der Waals surface area (Å²) in [6, 6.07) is 8.68. The molecule has 0 spiro atoms. The lowest BCUT2D eigenvalue weighted by Crippen LogP contribution is -2.42. The van der Waals surface area contributed by atoms with E-state index in [0.717, 1.165) is 12.8 Å². The molecule has 1 aromatic rings. The van der Waals surface area contributed by atoms with Gasteiger partial charge in [-0.15, -0.1) is 0 Å². The van der Waals surface area contributed by atoms with E-state index in [1.807, 2.05) is 0 Å². The Morgan fingerprint density at radius 2 is 1.76 bits per heavy atom. The van der Waals surface area contributed by atoms with Crippen molar-refractivity contribution in [2.75, 3.05) is 6.54 Å². The maximum Gasteiger partial charge on any atom is 0.306 e. The van der Waals surface area contributed by atoms with Gasteiger partial charge in [-0.2, -0.15) is 0 Å². The number of aliphatic carboxylic acids is 1. The first kappa shape index (κ1) is 18.0. The first-order valence-corrected chi connectivity index (χ1v) is 9.58. The maximum atomic E-state index is 12.6. The summed E-state index contributed by atoms with van der Waals surface area (Å²) in [7, 11) is 0. The van der Waals surface area contributed by atoms with Crippen LogP contribution in [-0.4, -0.2) is 23.5 Å². The molecule has 0 saturated heterocycles. The molecule has 2 saturated carbocycles. The quantitative estimate of drug-likeness (QED) is 0.854. The molecule has 0 heterocycles. The minimum atomic E-state index is -0.719. The molecule has 2 N–H and O–H groups in total. The minimum absolute atomic E-state index is 0.0217. The van der Waals surface area contributed by atoms with Crippen LogP contribution >= 0.6 is 0 Å². The Hall–Kier alpha value is -1.84. The summed E-state index contributed by atoms with van der Waals surface area (Å²) >= 11 is 0. The Kier molecular flexibility index (Phi) is 5.45. The number of amides is 1. The van der Waals surface area contributed by atoms with Gasteiger partial charge in [-0.1, -0.05) is 42.7 Å². The monoisotopic (exact) mass is 343 g/mol. The summed E-state index contributed by atoms with van der Waals surface area (Å²) in [4.78, 5) is 23.7. The smallest absolute Gasteiger partial charge is 0.306 e. The number of carbonyl (C=O) groups is 2. The van der Waals surface area contributed by atoms with Crippen molar-refractivity contribution in [2.45, 2.75) is 63.7 Å². The van der Waals surface area contributed by atoms with Crippen LogP contribution < -0.4 is 5.32 Å². The molecule has 0 bridgehead atoms. The van der Waals surface area contributed by atoms with Gasteiger partial charge >= 0.3 is 5.97 Å². The van der Waals surface area contributed by atoms with Crippen molar-refractivity contribution >= 4 is 11.9 Å². The second-order valence-corrected chi connectivity index (χ2v) is 7.96. The van der Waals surface area contributed by atoms with Gasteiger partial charge in [-0.3, -0.25) is 9.59 Å². The highest BCUT2D eigenvalue weighted by Crippen LogP contribution is 2.41. The van der Waals surface area contributed by atoms with Gasteiger partial charge < -0.3 is 10.4 Å². The van der Waals surface area contributed by atoms with Crippen molar-refractivity contribution in [1.29, 1.82) is 0 Å². The Bertz CT molecular complexity index is 626. The number of aryl methyl sites for hydroxylation is 1. The number of nitrogens with one attached hydrogen (secondary N) is 1. The van der Waals surface area contributed by atoms with Gasteiger partial charge in [0, 0.05) is 17.9 Å². The number of carboxylic acid groups (broad SMARTS) is 1. The second-order valence-electron chi connectivity index (χ2n) is 7.96. The zero-order valence-corrected chi connectivity index (χ0v) is 15.1. The lowest BCUT2D eigenvalue weighted by molar-refractivity contribution is -0.144. The van der Waals surface area contributed by atoms with E-state index in [9.17, 15) is 9.59 Å². The molecule has 25 heavy (non-hydrogen) atoms. The lowest BCUT2D eigenvalue weighted by Gasteiger charge is -2.32. The number of hydrogen-bond donors (Lipinski definition) is 2.